The van der Waals surface area contributed by atoms with Gasteiger partial charge in [-0.2, -0.15) is 0 Å². The molecule has 0 aromatic carbocycles. The maximum Gasteiger partial charge on any atom is 0.332 e. The van der Waals surface area contributed by atoms with E-state index in [0.717, 1.165) is 12.8 Å². The van der Waals surface area contributed by atoms with Crippen LogP contribution in [0.5, 0.6) is 0 Å². The van der Waals surface area contributed by atoms with Crippen molar-refractivity contribution in [3.63, 3.8) is 0 Å². The van der Waals surface area contributed by atoms with Crippen molar-refractivity contribution in [2.45, 2.75) is 44.6 Å². The maximum atomic E-state index is 10.3. The molecule has 2 N–H and O–H groups in total. The smallest absolute Gasteiger partial charge is 0.332 e. The molecule has 1 aliphatic rings. The second kappa shape index (κ2) is 4.45. The lowest BCUT2D eigenvalue weighted by Crippen LogP contribution is -2.24. The van der Waals surface area contributed by atoms with E-state index in [4.69, 9.17) is 10.2 Å². The Morgan fingerprint density at radius 2 is 1.92 bits per heavy atom. The Hall–Kier alpha value is -0.570. The van der Waals surface area contributed by atoms with E-state index in [-0.39, 0.29) is 0 Å². The highest BCUT2D eigenvalue weighted by Gasteiger charge is 2.21. The molecule has 70 valence electrons. The first-order chi connectivity index (χ1) is 5.70. The molecule has 1 rings (SSSR count). The Kier molecular flexibility index (Phi) is 3.53. The van der Waals surface area contributed by atoms with Crippen LogP contribution < -0.4 is 0 Å². The number of aliphatic carboxylic acids is 1. The Morgan fingerprint density at radius 3 is 2.42 bits per heavy atom. The largest absolute Gasteiger partial charge is 0.479 e. The van der Waals surface area contributed by atoms with Gasteiger partial charge in [-0.05, 0) is 12.3 Å². The molecule has 1 atom stereocenters. The van der Waals surface area contributed by atoms with Crippen molar-refractivity contribution in [1.82, 2.24) is 0 Å². The lowest BCUT2D eigenvalue weighted by Gasteiger charge is -2.22. The number of aliphatic hydroxyl groups excluding tert-OH is 1. The standard InChI is InChI=1S/C9H16O3/c10-8(9(11)12)6-7-4-2-1-3-5-7/h7-8,10H,1-6H2,(H,11,12)/t8-/m0/s1. The van der Waals surface area contributed by atoms with Crippen LogP contribution in [0.25, 0.3) is 0 Å². The van der Waals surface area contributed by atoms with Gasteiger partial charge in [0, 0.05) is 0 Å². The van der Waals surface area contributed by atoms with E-state index in [9.17, 15) is 4.79 Å². The predicted octanol–water partition coefficient (Wildman–Crippen LogP) is 1.40. The van der Waals surface area contributed by atoms with E-state index in [1.807, 2.05) is 0 Å². The van der Waals surface area contributed by atoms with Crippen LogP contribution in [0.4, 0.5) is 0 Å². The normalized spacial score (nSPS) is 22.1. The van der Waals surface area contributed by atoms with E-state index < -0.39 is 12.1 Å². The van der Waals surface area contributed by atoms with Gasteiger partial charge >= 0.3 is 5.97 Å². The molecule has 3 heteroatoms. The summed E-state index contributed by atoms with van der Waals surface area (Å²) in [4.78, 5) is 10.3. The average molecular weight is 172 g/mol. The van der Waals surface area contributed by atoms with Crippen molar-refractivity contribution < 1.29 is 15.0 Å². The van der Waals surface area contributed by atoms with Crippen molar-refractivity contribution in [1.29, 1.82) is 0 Å². The zero-order chi connectivity index (χ0) is 8.97. The van der Waals surface area contributed by atoms with E-state index >= 15 is 0 Å². The highest BCUT2D eigenvalue weighted by molar-refractivity contribution is 5.71. The van der Waals surface area contributed by atoms with Gasteiger partial charge in [0.2, 0.25) is 0 Å². The van der Waals surface area contributed by atoms with E-state index in [1.165, 1.54) is 19.3 Å². The number of carboxylic acid groups (broad SMARTS) is 1. The summed E-state index contributed by atoms with van der Waals surface area (Å²) in [6.45, 7) is 0. The van der Waals surface area contributed by atoms with Gasteiger partial charge in [-0.25, -0.2) is 4.79 Å². The molecule has 0 heterocycles. The van der Waals surface area contributed by atoms with Gasteiger partial charge in [0.05, 0.1) is 0 Å². The minimum absolute atomic E-state index is 0.435. The average Bonchev–Trinajstić information content (AvgIpc) is 2.06. The van der Waals surface area contributed by atoms with Crippen LogP contribution >= 0.6 is 0 Å². The second-order valence-corrected chi connectivity index (χ2v) is 3.59. The Morgan fingerprint density at radius 1 is 1.33 bits per heavy atom. The van der Waals surface area contributed by atoms with E-state index in [2.05, 4.69) is 0 Å². The minimum atomic E-state index is -1.15. The van der Waals surface area contributed by atoms with Crippen LogP contribution in [-0.2, 0) is 4.79 Å². The third kappa shape index (κ3) is 2.81. The monoisotopic (exact) mass is 172 g/mol. The molecule has 0 saturated heterocycles. The van der Waals surface area contributed by atoms with Crippen molar-refractivity contribution in [3.8, 4) is 0 Å². The predicted molar refractivity (Wildman–Crippen MR) is 44.8 cm³/mol. The van der Waals surface area contributed by atoms with Crippen molar-refractivity contribution in [3.05, 3.63) is 0 Å². The zero-order valence-corrected chi connectivity index (χ0v) is 7.20. The molecule has 1 aliphatic carbocycles. The Bertz CT molecular complexity index is 150. The number of hydrogen-bond donors (Lipinski definition) is 2. The molecule has 3 nitrogen and oxygen atoms in total. The topological polar surface area (TPSA) is 57.5 Å². The van der Waals surface area contributed by atoms with Crippen molar-refractivity contribution in [2.75, 3.05) is 0 Å². The van der Waals surface area contributed by atoms with Gasteiger partial charge in [0.15, 0.2) is 6.10 Å². The first-order valence-electron chi connectivity index (χ1n) is 4.61. The molecule has 0 aliphatic heterocycles. The fourth-order valence-corrected chi connectivity index (χ4v) is 1.84. The molecule has 12 heavy (non-hydrogen) atoms. The second-order valence-electron chi connectivity index (χ2n) is 3.59. The summed E-state index contributed by atoms with van der Waals surface area (Å²) in [5.74, 6) is -0.648. The molecule has 0 spiro atoms. The maximum absolute atomic E-state index is 10.3. The van der Waals surface area contributed by atoms with Gasteiger partial charge in [0.25, 0.3) is 0 Å². The summed E-state index contributed by atoms with van der Waals surface area (Å²) in [6.07, 6.45) is 5.12. The molecular weight excluding hydrogens is 156 g/mol. The molecule has 1 saturated carbocycles. The van der Waals surface area contributed by atoms with Crippen LogP contribution in [0, 0.1) is 5.92 Å². The molecule has 0 amide bonds. The van der Waals surface area contributed by atoms with Crippen LogP contribution in [0.3, 0.4) is 0 Å². The molecular formula is C9H16O3. The number of carbonyl (C=O) groups is 1. The number of hydrogen-bond acceptors (Lipinski definition) is 2. The summed E-state index contributed by atoms with van der Waals surface area (Å²) in [5.41, 5.74) is 0. The molecule has 0 unspecified atom stereocenters. The van der Waals surface area contributed by atoms with Gasteiger partial charge in [-0.1, -0.05) is 32.1 Å². The summed E-state index contributed by atoms with van der Waals surface area (Å²) < 4.78 is 0. The zero-order valence-electron chi connectivity index (χ0n) is 7.20. The van der Waals surface area contributed by atoms with Crippen LogP contribution in [0.15, 0.2) is 0 Å². The highest BCUT2D eigenvalue weighted by atomic mass is 16.4. The summed E-state index contributed by atoms with van der Waals surface area (Å²) >= 11 is 0. The molecule has 0 aromatic rings. The van der Waals surface area contributed by atoms with Gasteiger partial charge in [-0.3, -0.25) is 0 Å². The molecule has 0 radical (unpaired) electrons. The summed E-state index contributed by atoms with van der Waals surface area (Å²) in [6, 6.07) is 0. The lowest BCUT2D eigenvalue weighted by molar-refractivity contribution is -0.147. The SMILES string of the molecule is O=C(O)[C@@H](O)CC1CCCCC1. The van der Waals surface area contributed by atoms with Gasteiger partial charge in [0.1, 0.15) is 0 Å². The minimum Gasteiger partial charge on any atom is -0.479 e. The van der Waals surface area contributed by atoms with Crippen LogP contribution in [0.1, 0.15) is 38.5 Å². The van der Waals surface area contributed by atoms with E-state index in [1.54, 1.807) is 0 Å². The number of carboxylic acids is 1. The molecule has 0 aromatic heterocycles. The first kappa shape index (κ1) is 9.52. The number of rotatable bonds is 3. The third-order valence-corrected chi connectivity index (χ3v) is 2.57. The highest BCUT2D eigenvalue weighted by Crippen LogP contribution is 2.27. The van der Waals surface area contributed by atoms with Crippen LogP contribution in [0.2, 0.25) is 0 Å². The molecule has 1 fully saturated rings. The fraction of sp³-hybridized carbons (Fsp3) is 0.889. The summed E-state index contributed by atoms with van der Waals surface area (Å²) in [7, 11) is 0. The van der Waals surface area contributed by atoms with Gasteiger partial charge < -0.3 is 10.2 Å². The van der Waals surface area contributed by atoms with Crippen molar-refractivity contribution >= 4 is 5.97 Å². The first-order valence-corrected chi connectivity index (χ1v) is 4.61. The number of aliphatic hydroxyl groups is 1. The third-order valence-electron chi connectivity index (χ3n) is 2.57. The molecule has 0 bridgehead atoms. The van der Waals surface area contributed by atoms with Gasteiger partial charge in [-0.15, -0.1) is 0 Å². The summed E-state index contributed by atoms with van der Waals surface area (Å²) in [5, 5.41) is 17.5. The quantitative estimate of drug-likeness (QED) is 0.676. The fourth-order valence-electron chi connectivity index (χ4n) is 1.84. The van der Waals surface area contributed by atoms with Crippen LogP contribution in [-0.4, -0.2) is 22.3 Å². The van der Waals surface area contributed by atoms with E-state index in [0.29, 0.717) is 12.3 Å². The lowest BCUT2D eigenvalue weighted by atomic mass is 9.85. The Labute approximate surface area is 72.4 Å². The van der Waals surface area contributed by atoms with Crippen molar-refractivity contribution in [2.24, 2.45) is 5.92 Å². The Balaban J connectivity index is 2.24.